The molecule has 0 spiro atoms. The van der Waals surface area contributed by atoms with Crippen molar-refractivity contribution in [2.24, 2.45) is 0 Å². The largest absolute Gasteiger partial charge is 0.480 e. The summed E-state index contributed by atoms with van der Waals surface area (Å²) < 4.78 is 0. The fourth-order valence-electron chi connectivity index (χ4n) is 1.81. The van der Waals surface area contributed by atoms with Gasteiger partial charge >= 0.3 is 5.97 Å². The molecule has 5 nitrogen and oxygen atoms in total. The Kier molecular flexibility index (Phi) is 5.77. The van der Waals surface area contributed by atoms with Gasteiger partial charge in [0.25, 0.3) is 0 Å². The lowest BCUT2D eigenvalue weighted by Crippen LogP contribution is -2.41. The highest BCUT2D eigenvalue weighted by Gasteiger charge is 2.38. The van der Waals surface area contributed by atoms with Gasteiger partial charge in [0, 0.05) is 13.0 Å². The van der Waals surface area contributed by atoms with Crippen LogP contribution in [-0.2, 0) is 9.59 Å². The Hall–Kier alpha value is -0.750. The van der Waals surface area contributed by atoms with Gasteiger partial charge in [-0.3, -0.25) is 4.79 Å². The number of thioether (sulfide) groups is 1. The van der Waals surface area contributed by atoms with Gasteiger partial charge in [-0.1, -0.05) is 13.3 Å². The van der Waals surface area contributed by atoms with Gasteiger partial charge in [-0.2, -0.15) is 11.8 Å². The van der Waals surface area contributed by atoms with E-state index in [1.165, 1.54) is 16.7 Å². The van der Waals surface area contributed by atoms with Gasteiger partial charge < -0.3 is 15.1 Å². The summed E-state index contributed by atoms with van der Waals surface area (Å²) in [4.78, 5) is 24.0. The van der Waals surface area contributed by atoms with Gasteiger partial charge in [-0.15, -0.1) is 0 Å². The average molecular weight is 261 g/mol. The number of amides is 1. The van der Waals surface area contributed by atoms with Crippen LogP contribution < -0.4 is 0 Å². The summed E-state index contributed by atoms with van der Waals surface area (Å²) in [5.74, 6) is -0.00382. The Morgan fingerprint density at radius 1 is 1.47 bits per heavy atom. The number of β-amino-alcohol motifs (C(OH)–C–C–N with tert-alkyl or cyclic N) is 1. The van der Waals surface area contributed by atoms with E-state index in [9.17, 15) is 14.7 Å². The van der Waals surface area contributed by atoms with Gasteiger partial charge in [0.05, 0.1) is 11.9 Å². The molecule has 0 aromatic carbocycles. The Balaban J connectivity index is 2.41. The molecule has 98 valence electrons. The lowest BCUT2D eigenvalue weighted by molar-refractivity contribution is -0.147. The van der Waals surface area contributed by atoms with Crippen LogP contribution in [0.15, 0.2) is 0 Å². The second kappa shape index (κ2) is 6.86. The maximum atomic E-state index is 11.8. The maximum Gasteiger partial charge on any atom is 0.326 e. The molecule has 1 saturated heterocycles. The van der Waals surface area contributed by atoms with Crippen molar-refractivity contribution >= 4 is 23.6 Å². The topological polar surface area (TPSA) is 77.8 Å². The highest BCUT2D eigenvalue weighted by Crippen LogP contribution is 2.19. The van der Waals surface area contributed by atoms with Crippen LogP contribution in [0.3, 0.4) is 0 Å². The molecule has 0 bridgehead atoms. The highest BCUT2D eigenvalue weighted by molar-refractivity contribution is 7.99. The SMILES string of the molecule is CCCCSCC(=O)N1CC(O)C[C@H]1C(=O)O. The van der Waals surface area contributed by atoms with Crippen LogP contribution >= 0.6 is 11.8 Å². The van der Waals surface area contributed by atoms with E-state index in [0.29, 0.717) is 5.75 Å². The van der Waals surface area contributed by atoms with Crippen LogP contribution in [0.5, 0.6) is 0 Å². The first-order valence-electron chi connectivity index (χ1n) is 5.84. The third-order valence-corrected chi connectivity index (χ3v) is 3.78. The predicted molar refractivity (Wildman–Crippen MR) is 66.0 cm³/mol. The molecule has 0 aliphatic carbocycles. The van der Waals surface area contributed by atoms with E-state index in [1.807, 2.05) is 0 Å². The van der Waals surface area contributed by atoms with Crippen molar-refractivity contribution in [1.29, 1.82) is 0 Å². The van der Waals surface area contributed by atoms with Gasteiger partial charge in [-0.25, -0.2) is 4.79 Å². The van der Waals surface area contributed by atoms with E-state index in [2.05, 4.69) is 6.92 Å². The van der Waals surface area contributed by atoms with E-state index in [1.54, 1.807) is 0 Å². The molecule has 1 amide bonds. The molecule has 1 fully saturated rings. The first kappa shape index (κ1) is 14.3. The number of carbonyl (C=O) groups is 2. The quantitative estimate of drug-likeness (QED) is 0.683. The molecule has 0 aromatic heterocycles. The molecular formula is C11H19NO4S. The minimum absolute atomic E-state index is 0.140. The van der Waals surface area contributed by atoms with E-state index in [0.717, 1.165) is 18.6 Å². The van der Waals surface area contributed by atoms with Gasteiger partial charge in [0.1, 0.15) is 6.04 Å². The number of aliphatic carboxylic acids is 1. The molecular weight excluding hydrogens is 242 g/mol. The molecule has 1 unspecified atom stereocenters. The summed E-state index contributed by atoms with van der Waals surface area (Å²) in [5.41, 5.74) is 0. The van der Waals surface area contributed by atoms with Crippen LogP contribution in [0.4, 0.5) is 0 Å². The summed E-state index contributed by atoms with van der Waals surface area (Å²) in [6.07, 6.45) is 1.58. The molecule has 17 heavy (non-hydrogen) atoms. The minimum Gasteiger partial charge on any atom is -0.480 e. The predicted octanol–water partition coefficient (Wildman–Crippen LogP) is 0.566. The van der Waals surface area contributed by atoms with Crippen LogP contribution in [0.1, 0.15) is 26.2 Å². The monoisotopic (exact) mass is 261 g/mol. The second-order valence-electron chi connectivity index (χ2n) is 4.20. The van der Waals surface area contributed by atoms with E-state index in [4.69, 9.17) is 5.11 Å². The summed E-state index contributed by atoms with van der Waals surface area (Å²) in [7, 11) is 0. The van der Waals surface area contributed by atoms with E-state index < -0.39 is 18.1 Å². The Morgan fingerprint density at radius 2 is 2.18 bits per heavy atom. The summed E-state index contributed by atoms with van der Waals surface area (Å²) in [5, 5.41) is 18.4. The van der Waals surface area contributed by atoms with Crippen molar-refractivity contribution in [1.82, 2.24) is 4.90 Å². The maximum absolute atomic E-state index is 11.8. The first-order valence-corrected chi connectivity index (χ1v) is 6.99. The molecule has 2 N–H and O–H groups in total. The van der Waals surface area contributed by atoms with Crippen LogP contribution in [0.2, 0.25) is 0 Å². The fraction of sp³-hybridized carbons (Fsp3) is 0.818. The molecule has 1 aliphatic heterocycles. The number of nitrogens with zero attached hydrogens (tertiary/aromatic N) is 1. The first-order chi connectivity index (χ1) is 8.06. The van der Waals surface area contributed by atoms with Crippen molar-refractivity contribution < 1.29 is 19.8 Å². The molecule has 1 heterocycles. The van der Waals surface area contributed by atoms with Gasteiger partial charge in [0.15, 0.2) is 0 Å². The average Bonchev–Trinajstić information content (AvgIpc) is 2.66. The standard InChI is InChI=1S/C11H19NO4S/c1-2-3-4-17-7-10(14)12-6-8(13)5-9(12)11(15)16/h8-9,13H,2-7H2,1H3,(H,15,16)/t8?,9-/m0/s1. The Morgan fingerprint density at radius 3 is 2.76 bits per heavy atom. The number of carbonyl (C=O) groups excluding carboxylic acids is 1. The zero-order chi connectivity index (χ0) is 12.8. The number of carboxylic acid groups (broad SMARTS) is 1. The third-order valence-electron chi connectivity index (χ3n) is 2.75. The lowest BCUT2D eigenvalue weighted by atomic mass is 10.2. The molecule has 1 rings (SSSR count). The van der Waals surface area contributed by atoms with Crippen LogP contribution in [-0.4, -0.2) is 57.2 Å². The van der Waals surface area contributed by atoms with Crippen molar-refractivity contribution in [3.8, 4) is 0 Å². The summed E-state index contributed by atoms with van der Waals surface area (Å²) >= 11 is 1.52. The van der Waals surface area contributed by atoms with Crippen LogP contribution in [0.25, 0.3) is 0 Å². The zero-order valence-corrected chi connectivity index (χ0v) is 10.8. The summed E-state index contributed by atoms with van der Waals surface area (Å²) in [6.45, 7) is 2.23. The van der Waals surface area contributed by atoms with Crippen molar-refractivity contribution in [2.75, 3.05) is 18.1 Å². The van der Waals surface area contributed by atoms with Crippen molar-refractivity contribution in [3.63, 3.8) is 0 Å². The minimum atomic E-state index is -1.03. The van der Waals surface area contributed by atoms with Gasteiger partial charge in [-0.05, 0) is 12.2 Å². The molecule has 0 radical (unpaired) electrons. The number of hydrogen-bond donors (Lipinski definition) is 2. The number of aliphatic hydroxyl groups is 1. The number of rotatable bonds is 6. The van der Waals surface area contributed by atoms with E-state index in [-0.39, 0.29) is 18.9 Å². The number of hydrogen-bond acceptors (Lipinski definition) is 4. The zero-order valence-electron chi connectivity index (χ0n) is 9.96. The highest BCUT2D eigenvalue weighted by atomic mass is 32.2. The lowest BCUT2D eigenvalue weighted by Gasteiger charge is -2.20. The number of carboxylic acids is 1. The molecule has 0 saturated carbocycles. The van der Waals surface area contributed by atoms with Crippen molar-refractivity contribution in [2.45, 2.75) is 38.3 Å². The van der Waals surface area contributed by atoms with Crippen molar-refractivity contribution in [3.05, 3.63) is 0 Å². The van der Waals surface area contributed by atoms with Crippen LogP contribution in [0, 0.1) is 0 Å². The number of aliphatic hydroxyl groups excluding tert-OH is 1. The second-order valence-corrected chi connectivity index (χ2v) is 5.30. The summed E-state index contributed by atoms with van der Waals surface area (Å²) in [6, 6.07) is -0.857. The molecule has 6 heteroatoms. The van der Waals surface area contributed by atoms with E-state index >= 15 is 0 Å². The number of unbranched alkanes of at least 4 members (excludes halogenated alkanes) is 1. The number of likely N-dealkylation sites (tertiary alicyclic amines) is 1. The molecule has 2 atom stereocenters. The third kappa shape index (κ3) is 4.20. The molecule has 1 aliphatic rings. The Bertz CT molecular complexity index is 285. The Labute approximate surface area is 105 Å². The smallest absolute Gasteiger partial charge is 0.326 e. The fourth-order valence-corrected chi connectivity index (χ4v) is 2.79. The van der Waals surface area contributed by atoms with Gasteiger partial charge in [0.2, 0.25) is 5.91 Å². The normalized spacial score (nSPS) is 24.0. The molecule has 0 aromatic rings.